The summed E-state index contributed by atoms with van der Waals surface area (Å²) in [6, 6.07) is 0.579. The largest absolute Gasteiger partial charge is 0.355 e. The third-order valence-corrected chi connectivity index (χ3v) is 2.63. The number of nitrogens with one attached hydrogen (secondary N) is 2. The molecule has 1 aliphatic carbocycles. The third-order valence-electron chi connectivity index (χ3n) is 2.63. The van der Waals surface area contributed by atoms with Gasteiger partial charge in [0.15, 0.2) is 0 Å². The predicted octanol–water partition coefficient (Wildman–Crippen LogP) is 1.15. The Kier molecular flexibility index (Phi) is 4.39. The van der Waals surface area contributed by atoms with Crippen LogP contribution < -0.4 is 10.6 Å². The molecule has 0 bridgehead atoms. The van der Waals surface area contributed by atoms with Crippen LogP contribution in [0.4, 0.5) is 0 Å². The van der Waals surface area contributed by atoms with Gasteiger partial charge in [0.2, 0.25) is 5.91 Å². The number of amides is 1. The SMILES string of the molecule is CC(C)CNC(=O)CNC1CC(C)C1. The Balaban J connectivity index is 1.98. The minimum absolute atomic E-state index is 0.123. The molecule has 1 saturated carbocycles. The molecule has 1 aliphatic rings. The molecule has 0 aromatic carbocycles. The van der Waals surface area contributed by atoms with Crippen molar-refractivity contribution in [3.8, 4) is 0 Å². The summed E-state index contributed by atoms with van der Waals surface area (Å²) >= 11 is 0. The molecule has 0 aromatic heterocycles. The van der Waals surface area contributed by atoms with E-state index in [4.69, 9.17) is 0 Å². The molecule has 0 aromatic rings. The van der Waals surface area contributed by atoms with E-state index in [0.29, 0.717) is 18.5 Å². The van der Waals surface area contributed by atoms with Crippen LogP contribution in [0.15, 0.2) is 0 Å². The maximum absolute atomic E-state index is 11.3. The maximum Gasteiger partial charge on any atom is 0.233 e. The second-order valence-electron chi connectivity index (χ2n) is 4.85. The van der Waals surface area contributed by atoms with E-state index in [0.717, 1.165) is 12.5 Å². The zero-order valence-electron chi connectivity index (χ0n) is 9.47. The number of carbonyl (C=O) groups is 1. The van der Waals surface area contributed by atoms with Gasteiger partial charge in [-0.2, -0.15) is 0 Å². The van der Waals surface area contributed by atoms with Crippen LogP contribution in [0.3, 0.4) is 0 Å². The molecule has 0 spiro atoms. The van der Waals surface area contributed by atoms with Gasteiger partial charge in [0.05, 0.1) is 6.54 Å². The lowest BCUT2D eigenvalue weighted by atomic mass is 9.82. The molecule has 0 unspecified atom stereocenters. The minimum Gasteiger partial charge on any atom is -0.355 e. The normalized spacial score (nSPS) is 26.0. The van der Waals surface area contributed by atoms with Gasteiger partial charge in [0.25, 0.3) is 0 Å². The molecule has 82 valence electrons. The highest BCUT2D eigenvalue weighted by molar-refractivity contribution is 5.78. The molecule has 2 N–H and O–H groups in total. The highest BCUT2D eigenvalue weighted by Gasteiger charge is 2.24. The van der Waals surface area contributed by atoms with E-state index in [1.54, 1.807) is 0 Å². The Morgan fingerprint density at radius 3 is 2.57 bits per heavy atom. The van der Waals surface area contributed by atoms with Gasteiger partial charge in [-0.25, -0.2) is 0 Å². The summed E-state index contributed by atoms with van der Waals surface area (Å²) < 4.78 is 0. The van der Waals surface area contributed by atoms with E-state index < -0.39 is 0 Å². The first kappa shape index (κ1) is 11.5. The van der Waals surface area contributed by atoms with Crippen molar-refractivity contribution in [2.75, 3.05) is 13.1 Å². The van der Waals surface area contributed by atoms with Gasteiger partial charge in [-0.05, 0) is 24.7 Å². The minimum atomic E-state index is 0.123. The Morgan fingerprint density at radius 2 is 2.07 bits per heavy atom. The van der Waals surface area contributed by atoms with E-state index >= 15 is 0 Å². The molecular weight excluding hydrogens is 176 g/mol. The van der Waals surface area contributed by atoms with Gasteiger partial charge in [0, 0.05) is 12.6 Å². The van der Waals surface area contributed by atoms with Crippen LogP contribution in [-0.4, -0.2) is 25.0 Å². The maximum atomic E-state index is 11.3. The summed E-state index contributed by atoms with van der Waals surface area (Å²) in [5.41, 5.74) is 0. The summed E-state index contributed by atoms with van der Waals surface area (Å²) in [5.74, 6) is 1.49. The van der Waals surface area contributed by atoms with E-state index in [-0.39, 0.29) is 5.91 Å². The highest BCUT2D eigenvalue weighted by atomic mass is 16.1. The van der Waals surface area contributed by atoms with Crippen molar-refractivity contribution in [1.82, 2.24) is 10.6 Å². The topological polar surface area (TPSA) is 41.1 Å². The van der Waals surface area contributed by atoms with Crippen LogP contribution >= 0.6 is 0 Å². The Labute approximate surface area is 86.6 Å². The highest BCUT2D eigenvalue weighted by Crippen LogP contribution is 2.25. The van der Waals surface area contributed by atoms with Crippen molar-refractivity contribution < 1.29 is 4.79 Å². The fourth-order valence-corrected chi connectivity index (χ4v) is 1.69. The second kappa shape index (κ2) is 5.35. The average molecular weight is 198 g/mol. The Bertz CT molecular complexity index is 186. The average Bonchev–Trinajstić information content (AvgIpc) is 2.07. The number of carbonyl (C=O) groups excluding carboxylic acids is 1. The number of rotatable bonds is 5. The van der Waals surface area contributed by atoms with E-state index in [2.05, 4.69) is 31.4 Å². The summed E-state index contributed by atoms with van der Waals surface area (Å²) in [6.07, 6.45) is 2.44. The van der Waals surface area contributed by atoms with Gasteiger partial charge in [-0.3, -0.25) is 4.79 Å². The Morgan fingerprint density at radius 1 is 1.43 bits per heavy atom. The molecule has 3 heteroatoms. The van der Waals surface area contributed by atoms with E-state index in [1.807, 2.05) is 0 Å². The van der Waals surface area contributed by atoms with E-state index in [1.165, 1.54) is 12.8 Å². The molecule has 0 saturated heterocycles. The monoisotopic (exact) mass is 198 g/mol. The molecular formula is C11H22N2O. The molecule has 14 heavy (non-hydrogen) atoms. The summed E-state index contributed by atoms with van der Waals surface area (Å²) in [7, 11) is 0. The van der Waals surface area contributed by atoms with Gasteiger partial charge < -0.3 is 10.6 Å². The van der Waals surface area contributed by atoms with Gasteiger partial charge in [-0.1, -0.05) is 20.8 Å². The number of hydrogen-bond donors (Lipinski definition) is 2. The first-order chi connectivity index (χ1) is 6.58. The standard InChI is InChI=1S/C11H22N2O/c1-8(2)6-13-11(14)7-12-10-4-9(3)5-10/h8-10,12H,4-7H2,1-3H3,(H,13,14). The molecule has 3 nitrogen and oxygen atoms in total. The third kappa shape index (κ3) is 4.09. The Hall–Kier alpha value is -0.570. The molecule has 1 fully saturated rings. The summed E-state index contributed by atoms with van der Waals surface area (Å²) in [4.78, 5) is 11.3. The van der Waals surface area contributed by atoms with Crippen LogP contribution in [0, 0.1) is 11.8 Å². The molecule has 1 rings (SSSR count). The van der Waals surface area contributed by atoms with Gasteiger partial charge in [0.1, 0.15) is 0 Å². The summed E-state index contributed by atoms with van der Waals surface area (Å²) in [5, 5.41) is 6.16. The fraction of sp³-hybridized carbons (Fsp3) is 0.909. The lowest BCUT2D eigenvalue weighted by Gasteiger charge is -2.33. The molecule has 1 amide bonds. The molecule has 0 radical (unpaired) electrons. The molecule has 0 atom stereocenters. The van der Waals surface area contributed by atoms with Crippen molar-refractivity contribution in [1.29, 1.82) is 0 Å². The quantitative estimate of drug-likeness (QED) is 0.695. The van der Waals surface area contributed by atoms with E-state index in [9.17, 15) is 4.79 Å². The van der Waals surface area contributed by atoms with Crippen molar-refractivity contribution in [3.63, 3.8) is 0 Å². The first-order valence-corrected chi connectivity index (χ1v) is 5.58. The number of hydrogen-bond acceptors (Lipinski definition) is 2. The zero-order valence-corrected chi connectivity index (χ0v) is 9.47. The van der Waals surface area contributed by atoms with Crippen molar-refractivity contribution in [2.45, 2.75) is 39.7 Å². The molecule has 0 aliphatic heterocycles. The predicted molar refractivity (Wildman–Crippen MR) is 58.0 cm³/mol. The van der Waals surface area contributed by atoms with Crippen molar-refractivity contribution in [3.05, 3.63) is 0 Å². The summed E-state index contributed by atoms with van der Waals surface area (Å²) in [6.45, 7) is 7.70. The van der Waals surface area contributed by atoms with Crippen LogP contribution in [-0.2, 0) is 4.79 Å². The van der Waals surface area contributed by atoms with Crippen LogP contribution in [0.2, 0.25) is 0 Å². The lowest BCUT2D eigenvalue weighted by molar-refractivity contribution is -0.120. The van der Waals surface area contributed by atoms with Crippen LogP contribution in [0.25, 0.3) is 0 Å². The van der Waals surface area contributed by atoms with Gasteiger partial charge >= 0.3 is 0 Å². The van der Waals surface area contributed by atoms with Crippen LogP contribution in [0.5, 0.6) is 0 Å². The van der Waals surface area contributed by atoms with Crippen molar-refractivity contribution >= 4 is 5.91 Å². The van der Waals surface area contributed by atoms with Crippen LogP contribution in [0.1, 0.15) is 33.6 Å². The molecule has 0 heterocycles. The second-order valence-corrected chi connectivity index (χ2v) is 4.85. The first-order valence-electron chi connectivity index (χ1n) is 5.58. The lowest BCUT2D eigenvalue weighted by Crippen LogP contribution is -2.45. The smallest absolute Gasteiger partial charge is 0.233 e. The fourth-order valence-electron chi connectivity index (χ4n) is 1.69. The zero-order chi connectivity index (χ0) is 10.6. The van der Waals surface area contributed by atoms with Gasteiger partial charge in [-0.15, -0.1) is 0 Å². The van der Waals surface area contributed by atoms with Crippen molar-refractivity contribution in [2.24, 2.45) is 11.8 Å².